The summed E-state index contributed by atoms with van der Waals surface area (Å²) in [6.45, 7) is 10.1. The second kappa shape index (κ2) is 9.25. The molecule has 1 aromatic heterocycles. The molecular formula is C25H29ClN4O. The number of hydrogen-bond acceptors (Lipinski definition) is 5. The molecule has 1 fully saturated rings. The summed E-state index contributed by atoms with van der Waals surface area (Å²) in [6.07, 6.45) is 2.33. The number of halogens is 1. The highest BCUT2D eigenvalue weighted by Gasteiger charge is 2.15. The quantitative estimate of drug-likeness (QED) is 0.564. The van der Waals surface area contributed by atoms with Crippen LogP contribution >= 0.6 is 11.6 Å². The summed E-state index contributed by atoms with van der Waals surface area (Å²) in [5.41, 5.74) is 5.55. The summed E-state index contributed by atoms with van der Waals surface area (Å²) < 4.78 is 5.43. The monoisotopic (exact) mass is 436 g/mol. The topological polar surface area (TPSA) is 50.3 Å². The molecule has 1 N–H and O–H groups in total. The predicted molar refractivity (Wildman–Crippen MR) is 128 cm³/mol. The van der Waals surface area contributed by atoms with Crippen molar-refractivity contribution in [3.63, 3.8) is 0 Å². The van der Waals surface area contributed by atoms with E-state index in [2.05, 4.69) is 89.5 Å². The van der Waals surface area contributed by atoms with Gasteiger partial charge in [-0.05, 0) is 40.8 Å². The van der Waals surface area contributed by atoms with Crippen LogP contribution in [0.5, 0.6) is 0 Å². The molecule has 1 aliphatic rings. The Labute approximate surface area is 189 Å². The van der Waals surface area contributed by atoms with E-state index in [4.69, 9.17) is 16.3 Å². The average Bonchev–Trinajstić information content (AvgIpc) is 2.77. The number of rotatable bonds is 5. The van der Waals surface area contributed by atoms with Crippen LogP contribution in [0.4, 0.5) is 17.3 Å². The minimum absolute atomic E-state index is 0.103. The van der Waals surface area contributed by atoms with Crippen LogP contribution in [0.2, 0.25) is 5.02 Å². The van der Waals surface area contributed by atoms with Crippen molar-refractivity contribution >= 4 is 28.9 Å². The normalized spacial score (nSPS) is 14.5. The standard InChI is InChI=1S/C25H29ClN4O/c1-25(2,3)19-6-4-5-18(15-19)16-23-22(26)17-27-24(29-23)28-20-7-9-21(10-8-20)30-11-13-31-14-12-30/h4-10,15,17H,11-14,16H2,1-3H3,(H,27,28,29). The first kappa shape index (κ1) is 21.6. The van der Waals surface area contributed by atoms with Gasteiger partial charge in [0, 0.05) is 30.9 Å². The van der Waals surface area contributed by atoms with Gasteiger partial charge < -0.3 is 15.0 Å². The fourth-order valence-corrected chi connectivity index (χ4v) is 3.79. The maximum absolute atomic E-state index is 6.42. The highest BCUT2D eigenvalue weighted by atomic mass is 35.5. The average molecular weight is 437 g/mol. The van der Waals surface area contributed by atoms with E-state index in [1.54, 1.807) is 6.20 Å². The summed E-state index contributed by atoms with van der Waals surface area (Å²) in [5, 5.41) is 3.88. The lowest BCUT2D eigenvalue weighted by Gasteiger charge is -2.28. The Hall–Kier alpha value is -2.63. The third-order valence-electron chi connectivity index (χ3n) is 5.48. The lowest BCUT2D eigenvalue weighted by Crippen LogP contribution is -2.36. The predicted octanol–water partition coefficient (Wildman–Crippen LogP) is 5.60. The Morgan fingerprint density at radius 1 is 1.06 bits per heavy atom. The molecule has 0 radical (unpaired) electrons. The van der Waals surface area contributed by atoms with Gasteiger partial charge in [0.05, 0.1) is 30.1 Å². The van der Waals surface area contributed by atoms with Gasteiger partial charge in [-0.3, -0.25) is 0 Å². The van der Waals surface area contributed by atoms with Crippen LogP contribution in [-0.4, -0.2) is 36.3 Å². The zero-order chi connectivity index (χ0) is 21.8. The minimum atomic E-state index is 0.103. The van der Waals surface area contributed by atoms with Crippen LogP contribution in [0, 0.1) is 0 Å². The van der Waals surface area contributed by atoms with Gasteiger partial charge in [-0.25, -0.2) is 9.97 Å². The van der Waals surface area contributed by atoms with Gasteiger partial charge in [-0.1, -0.05) is 56.6 Å². The highest BCUT2D eigenvalue weighted by molar-refractivity contribution is 6.31. The van der Waals surface area contributed by atoms with Gasteiger partial charge in [0.15, 0.2) is 0 Å². The minimum Gasteiger partial charge on any atom is -0.378 e. The number of aromatic nitrogens is 2. The van der Waals surface area contributed by atoms with Gasteiger partial charge >= 0.3 is 0 Å². The molecule has 2 heterocycles. The van der Waals surface area contributed by atoms with Gasteiger partial charge in [0.25, 0.3) is 0 Å². The van der Waals surface area contributed by atoms with Crippen molar-refractivity contribution in [1.82, 2.24) is 9.97 Å². The fraction of sp³-hybridized carbons (Fsp3) is 0.360. The maximum Gasteiger partial charge on any atom is 0.227 e. The van der Waals surface area contributed by atoms with Crippen molar-refractivity contribution in [3.05, 3.63) is 76.6 Å². The van der Waals surface area contributed by atoms with Crippen molar-refractivity contribution in [2.45, 2.75) is 32.6 Å². The van der Waals surface area contributed by atoms with Gasteiger partial charge in [-0.2, -0.15) is 0 Å². The zero-order valence-corrected chi connectivity index (χ0v) is 19.1. The molecule has 0 bridgehead atoms. The van der Waals surface area contributed by atoms with E-state index in [-0.39, 0.29) is 5.41 Å². The summed E-state index contributed by atoms with van der Waals surface area (Å²) in [5.74, 6) is 0.547. The van der Waals surface area contributed by atoms with Crippen LogP contribution in [0.3, 0.4) is 0 Å². The second-order valence-corrected chi connectivity index (χ2v) is 9.29. The maximum atomic E-state index is 6.42. The summed E-state index contributed by atoms with van der Waals surface area (Å²) in [6, 6.07) is 16.9. The van der Waals surface area contributed by atoms with E-state index in [9.17, 15) is 0 Å². The van der Waals surface area contributed by atoms with E-state index in [1.165, 1.54) is 16.8 Å². The molecule has 0 spiro atoms. The van der Waals surface area contributed by atoms with Gasteiger partial charge in [0.2, 0.25) is 5.95 Å². The molecule has 0 unspecified atom stereocenters. The summed E-state index contributed by atoms with van der Waals surface area (Å²) in [7, 11) is 0. The van der Waals surface area contributed by atoms with Crippen molar-refractivity contribution in [2.24, 2.45) is 0 Å². The third kappa shape index (κ3) is 5.54. The molecule has 162 valence electrons. The van der Waals surface area contributed by atoms with Crippen LogP contribution in [-0.2, 0) is 16.6 Å². The molecule has 0 atom stereocenters. The van der Waals surface area contributed by atoms with Gasteiger partial charge in [0.1, 0.15) is 0 Å². The molecule has 6 heteroatoms. The Bertz CT molecular complexity index is 1020. The first-order valence-corrected chi connectivity index (χ1v) is 11.1. The number of nitrogens with zero attached hydrogens (tertiary/aromatic N) is 3. The highest BCUT2D eigenvalue weighted by Crippen LogP contribution is 2.26. The molecule has 0 saturated carbocycles. The first-order valence-electron chi connectivity index (χ1n) is 10.7. The number of hydrogen-bond donors (Lipinski definition) is 1. The Morgan fingerprint density at radius 2 is 1.81 bits per heavy atom. The lowest BCUT2D eigenvalue weighted by molar-refractivity contribution is 0.122. The first-order chi connectivity index (χ1) is 14.9. The third-order valence-corrected chi connectivity index (χ3v) is 5.80. The van der Waals surface area contributed by atoms with Crippen molar-refractivity contribution in [1.29, 1.82) is 0 Å². The molecular weight excluding hydrogens is 408 g/mol. The van der Waals surface area contributed by atoms with E-state index in [0.29, 0.717) is 17.4 Å². The van der Waals surface area contributed by atoms with Gasteiger partial charge in [-0.15, -0.1) is 0 Å². The molecule has 2 aromatic carbocycles. The van der Waals surface area contributed by atoms with E-state index < -0.39 is 0 Å². The largest absolute Gasteiger partial charge is 0.378 e. The molecule has 5 nitrogen and oxygen atoms in total. The smallest absolute Gasteiger partial charge is 0.227 e. The molecule has 3 aromatic rings. The van der Waals surface area contributed by atoms with Crippen LogP contribution in [0.25, 0.3) is 0 Å². The Kier molecular flexibility index (Phi) is 6.44. The van der Waals surface area contributed by atoms with E-state index >= 15 is 0 Å². The number of benzene rings is 2. The number of nitrogens with one attached hydrogen (secondary N) is 1. The fourth-order valence-electron chi connectivity index (χ4n) is 3.63. The van der Waals surface area contributed by atoms with E-state index in [1.807, 2.05) is 0 Å². The van der Waals surface area contributed by atoms with E-state index in [0.717, 1.165) is 37.7 Å². The number of anilines is 3. The lowest BCUT2D eigenvalue weighted by atomic mass is 9.86. The Balaban J connectivity index is 1.48. The second-order valence-electron chi connectivity index (χ2n) is 8.89. The molecule has 1 aliphatic heterocycles. The number of morpholine rings is 1. The summed E-state index contributed by atoms with van der Waals surface area (Å²) in [4.78, 5) is 11.4. The molecule has 4 rings (SSSR count). The molecule has 0 aliphatic carbocycles. The Morgan fingerprint density at radius 3 is 2.52 bits per heavy atom. The molecule has 0 amide bonds. The van der Waals surface area contributed by atoms with Crippen LogP contribution in [0.15, 0.2) is 54.7 Å². The number of ether oxygens (including phenoxy) is 1. The van der Waals surface area contributed by atoms with Crippen LogP contribution < -0.4 is 10.2 Å². The SMILES string of the molecule is CC(C)(C)c1cccc(Cc2nc(Nc3ccc(N4CCOCC4)cc3)ncc2Cl)c1. The summed E-state index contributed by atoms with van der Waals surface area (Å²) >= 11 is 6.42. The zero-order valence-electron chi connectivity index (χ0n) is 18.4. The molecule has 31 heavy (non-hydrogen) atoms. The molecule has 1 saturated heterocycles. The van der Waals surface area contributed by atoms with Crippen LogP contribution in [0.1, 0.15) is 37.6 Å². The van der Waals surface area contributed by atoms with Crippen molar-refractivity contribution in [2.75, 3.05) is 36.5 Å². The van der Waals surface area contributed by atoms with Crippen molar-refractivity contribution in [3.8, 4) is 0 Å². The van der Waals surface area contributed by atoms with Crippen molar-refractivity contribution < 1.29 is 4.74 Å².